The number of halogens is 1. The van der Waals surface area contributed by atoms with E-state index in [0.29, 0.717) is 13.0 Å². The summed E-state index contributed by atoms with van der Waals surface area (Å²) in [7, 11) is 0. The fourth-order valence-electron chi connectivity index (χ4n) is 4.37. The summed E-state index contributed by atoms with van der Waals surface area (Å²) in [6.07, 6.45) is -0.0448. The zero-order valence-corrected chi connectivity index (χ0v) is 18.6. The van der Waals surface area contributed by atoms with Gasteiger partial charge in [0.05, 0.1) is 18.7 Å². The first kappa shape index (κ1) is 22.3. The van der Waals surface area contributed by atoms with Gasteiger partial charge in [0.1, 0.15) is 17.5 Å². The maximum absolute atomic E-state index is 13.6. The molecule has 1 saturated heterocycles. The Hall–Kier alpha value is -2.93. The Morgan fingerprint density at radius 2 is 1.84 bits per heavy atom. The minimum absolute atomic E-state index is 0.123. The first-order valence-electron chi connectivity index (χ1n) is 11.0. The number of benzene rings is 2. The van der Waals surface area contributed by atoms with E-state index in [4.69, 9.17) is 9.47 Å². The molecule has 3 atom stereocenters. The fraction of sp³-hybridized carbons (Fsp3) is 0.440. The molecule has 2 amide bonds. The Kier molecular flexibility index (Phi) is 6.20. The van der Waals surface area contributed by atoms with Crippen LogP contribution in [0, 0.1) is 5.82 Å². The molecule has 0 unspecified atom stereocenters. The van der Waals surface area contributed by atoms with Gasteiger partial charge in [-0.1, -0.05) is 36.4 Å². The number of rotatable bonds is 3. The van der Waals surface area contributed by atoms with Crippen LogP contribution in [0.2, 0.25) is 0 Å². The van der Waals surface area contributed by atoms with E-state index in [9.17, 15) is 14.0 Å². The molecular weight excluding hydrogens is 411 g/mol. The predicted octanol–water partition coefficient (Wildman–Crippen LogP) is 3.98. The number of nitrogens with one attached hydrogen (secondary N) is 1. The number of carbonyl (C=O) groups is 2. The van der Waals surface area contributed by atoms with Crippen LogP contribution < -0.4 is 5.32 Å². The second-order valence-electron chi connectivity index (χ2n) is 9.34. The normalized spacial score (nSPS) is 22.9. The van der Waals surface area contributed by atoms with E-state index in [-0.39, 0.29) is 30.4 Å². The molecule has 0 aromatic heterocycles. The SMILES string of the molecule is CC(C)(C)OC(=O)N[C@H]1CO[C@H](C(=O)N2CCc3ccccc3[C@@H]2c2ccc(F)cc2)C1. The van der Waals surface area contributed by atoms with E-state index in [2.05, 4.69) is 11.4 Å². The van der Waals surface area contributed by atoms with Crippen molar-refractivity contribution in [3.8, 4) is 0 Å². The van der Waals surface area contributed by atoms with Gasteiger partial charge in [0.25, 0.3) is 5.91 Å². The third kappa shape index (κ3) is 4.93. The van der Waals surface area contributed by atoms with Crippen molar-refractivity contribution < 1.29 is 23.5 Å². The highest BCUT2D eigenvalue weighted by atomic mass is 19.1. The lowest BCUT2D eigenvalue weighted by atomic mass is 9.87. The van der Waals surface area contributed by atoms with Crippen LogP contribution in [-0.2, 0) is 20.7 Å². The summed E-state index contributed by atoms with van der Waals surface area (Å²) < 4.78 is 24.6. The van der Waals surface area contributed by atoms with E-state index < -0.39 is 17.8 Å². The first-order chi connectivity index (χ1) is 15.2. The summed E-state index contributed by atoms with van der Waals surface area (Å²) in [5.74, 6) is -0.437. The summed E-state index contributed by atoms with van der Waals surface area (Å²) in [6, 6.07) is 13.7. The minimum atomic E-state index is -0.650. The summed E-state index contributed by atoms with van der Waals surface area (Å²) in [6.45, 7) is 6.19. The van der Waals surface area contributed by atoms with Gasteiger partial charge < -0.3 is 19.7 Å². The van der Waals surface area contributed by atoms with Crippen molar-refractivity contribution in [1.82, 2.24) is 10.2 Å². The third-order valence-corrected chi connectivity index (χ3v) is 5.75. The van der Waals surface area contributed by atoms with Gasteiger partial charge in [-0.2, -0.15) is 0 Å². The van der Waals surface area contributed by atoms with Gasteiger partial charge in [-0.15, -0.1) is 0 Å². The molecule has 32 heavy (non-hydrogen) atoms. The van der Waals surface area contributed by atoms with E-state index in [1.807, 2.05) is 23.1 Å². The predicted molar refractivity (Wildman–Crippen MR) is 118 cm³/mol. The molecule has 1 fully saturated rings. The average molecular weight is 441 g/mol. The van der Waals surface area contributed by atoms with Crippen LogP contribution in [0.15, 0.2) is 48.5 Å². The van der Waals surface area contributed by atoms with Crippen molar-refractivity contribution >= 4 is 12.0 Å². The Labute approximate surface area is 187 Å². The molecule has 2 aliphatic heterocycles. The van der Waals surface area contributed by atoms with Crippen molar-refractivity contribution in [3.63, 3.8) is 0 Å². The quantitative estimate of drug-likeness (QED) is 0.784. The second-order valence-corrected chi connectivity index (χ2v) is 9.34. The molecule has 2 aromatic rings. The highest BCUT2D eigenvalue weighted by Gasteiger charge is 2.39. The molecule has 0 radical (unpaired) electrons. The van der Waals surface area contributed by atoms with Crippen LogP contribution in [0.4, 0.5) is 9.18 Å². The van der Waals surface area contributed by atoms with Crippen molar-refractivity contribution in [2.24, 2.45) is 0 Å². The summed E-state index contributed by atoms with van der Waals surface area (Å²) in [4.78, 5) is 27.4. The van der Waals surface area contributed by atoms with Gasteiger partial charge in [-0.25, -0.2) is 9.18 Å². The monoisotopic (exact) mass is 440 g/mol. The summed E-state index contributed by atoms with van der Waals surface area (Å²) in [5.41, 5.74) is 2.48. The Bertz CT molecular complexity index is 986. The van der Waals surface area contributed by atoms with Crippen LogP contribution in [0.25, 0.3) is 0 Å². The van der Waals surface area contributed by atoms with Crippen LogP contribution in [0.3, 0.4) is 0 Å². The number of amides is 2. The smallest absolute Gasteiger partial charge is 0.407 e. The zero-order valence-electron chi connectivity index (χ0n) is 18.6. The molecule has 0 aliphatic carbocycles. The molecule has 2 heterocycles. The van der Waals surface area contributed by atoms with Gasteiger partial charge in [0, 0.05) is 13.0 Å². The van der Waals surface area contributed by atoms with Crippen LogP contribution in [0.5, 0.6) is 0 Å². The Balaban J connectivity index is 1.51. The van der Waals surface area contributed by atoms with Crippen LogP contribution in [0.1, 0.15) is 49.9 Å². The lowest BCUT2D eigenvalue weighted by Gasteiger charge is -2.39. The van der Waals surface area contributed by atoms with Crippen molar-refractivity contribution in [1.29, 1.82) is 0 Å². The van der Waals surface area contributed by atoms with Crippen LogP contribution in [-0.4, -0.2) is 47.8 Å². The molecular formula is C25H29FN2O4. The topological polar surface area (TPSA) is 67.9 Å². The van der Waals surface area contributed by atoms with Gasteiger partial charge in [0.15, 0.2) is 0 Å². The third-order valence-electron chi connectivity index (χ3n) is 5.75. The maximum Gasteiger partial charge on any atom is 0.407 e. The van der Waals surface area contributed by atoms with Gasteiger partial charge in [0.2, 0.25) is 0 Å². The number of alkyl carbamates (subject to hydrolysis) is 1. The number of fused-ring (bicyclic) bond motifs is 1. The first-order valence-corrected chi connectivity index (χ1v) is 11.0. The molecule has 6 nitrogen and oxygen atoms in total. The van der Waals surface area contributed by atoms with E-state index >= 15 is 0 Å². The summed E-state index contributed by atoms with van der Waals surface area (Å²) in [5, 5.41) is 2.79. The number of ether oxygens (including phenoxy) is 2. The molecule has 170 valence electrons. The zero-order chi connectivity index (χ0) is 22.9. The van der Waals surface area contributed by atoms with E-state index in [1.165, 1.54) is 17.7 Å². The van der Waals surface area contributed by atoms with Crippen molar-refractivity contribution in [3.05, 3.63) is 71.0 Å². The Morgan fingerprint density at radius 1 is 1.12 bits per heavy atom. The minimum Gasteiger partial charge on any atom is -0.444 e. The molecule has 0 spiro atoms. The fourth-order valence-corrected chi connectivity index (χ4v) is 4.37. The standard InChI is InChI=1S/C25H29FN2O4/c1-25(2,3)32-24(30)27-19-14-21(31-15-19)23(29)28-13-12-16-6-4-5-7-20(16)22(28)17-8-10-18(26)11-9-17/h4-11,19,21-22H,12-15H2,1-3H3,(H,27,30)/t19-,21+,22+/m1/s1. The van der Waals surface area contributed by atoms with Gasteiger partial charge in [-0.05, 0) is 56.0 Å². The second kappa shape index (κ2) is 8.90. The number of nitrogens with zero attached hydrogens (tertiary/aromatic N) is 1. The molecule has 1 N–H and O–H groups in total. The maximum atomic E-state index is 13.6. The highest BCUT2D eigenvalue weighted by Crippen LogP contribution is 2.36. The molecule has 0 saturated carbocycles. The number of carbonyl (C=O) groups excluding carboxylic acids is 2. The van der Waals surface area contributed by atoms with E-state index in [0.717, 1.165) is 17.5 Å². The molecule has 0 bridgehead atoms. The number of hydrogen-bond donors (Lipinski definition) is 1. The molecule has 4 rings (SSSR count). The van der Waals surface area contributed by atoms with Gasteiger partial charge in [-0.3, -0.25) is 4.79 Å². The largest absolute Gasteiger partial charge is 0.444 e. The van der Waals surface area contributed by atoms with Crippen molar-refractivity contribution in [2.45, 2.75) is 57.4 Å². The molecule has 2 aromatic carbocycles. The Morgan fingerprint density at radius 3 is 2.56 bits per heavy atom. The lowest BCUT2D eigenvalue weighted by Crippen LogP contribution is -2.46. The van der Waals surface area contributed by atoms with Gasteiger partial charge >= 0.3 is 6.09 Å². The highest BCUT2D eigenvalue weighted by molar-refractivity contribution is 5.83. The average Bonchev–Trinajstić information content (AvgIpc) is 3.20. The van der Waals surface area contributed by atoms with Crippen molar-refractivity contribution in [2.75, 3.05) is 13.2 Å². The number of hydrogen-bond acceptors (Lipinski definition) is 4. The molecule has 2 aliphatic rings. The van der Waals surface area contributed by atoms with E-state index in [1.54, 1.807) is 32.9 Å². The van der Waals surface area contributed by atoms with Crippen LogP contribution >= 0.6 is 0 Å². The molecule has 7 heteroatoms. The summed E-state index contributed by atoms with van der Waals surface area (Å²) >= 11 is 0. The lowest BCUT2D eigenvalue weighted by molar-refractivity contribution is -0.143.